The lowest BCUT2D eigenvalue weighted by atomic mass is 10.1. The molecule has 182 valence electrons. The highest BCUT2D eigenvalue weighted by atomic mass is 127. The summed E-state index contributed by atoms with van der Waals surface area (Å²) in [5.41, 5.74) is 3.79. The standard InChI is InChI=1S/C26H38N4O2.HI/c1-27-26(29-20-24-8-6-9-25(18-24)32-17-7-16-31-2)28-19-22-10-12-23(13-11-22)21-30-14-4-3-5-15-30;/h6,8-13,18H,3-5,7,14-17,19-21H2,1-2H3,(H2,27,28,29);1H. The van der Waals surface area contributed by atoms with Crippen LogP contribution >= 0.6 is 24.0 Å². The molecule has 1 fully saturated rings. The Morgan fingerprint density at radius 3 is 2.30 bits per heavy atom. The molecule has 3 rings (SSSR count). The second-order valence-electron chi connectivity index (χ2n) is 8.27. The molecule has 0 atom stereocenters. The SMILES string of the molecule is CN=C(NCc1ccc(CN2CCCCC2)cc1)NCc1cccc(OCCCOC)c1.I. The highest BCUT2D eigenvalue weighted by Crippen LogP contribution is 2.14. The summed E-state index contributed by atoms with van der Waals surface area (Å²) in [6.07, 6.45) is 4.93. The van der Waals surface area contributed by atoms with E-state index in [1.807, 2.05) is 12.1 Å². The predicted molar refractivity (Wildman–Crippen MR) is 146 cm³/mol. The van der Waals surface area contributed by atoms with Crippen LogP contribution in [0.4, 0.5) is 0 Å². The zero-order valence-electron chi connectivity index (χ0n) is 20.0. The minimum absolute atomic E-state index is 0. The number of aliphatic imine (C=N–C) groups is 1. The summed E-state index contributed by atoms with van der Waals surface area (Å²) in [6, 6.07) is 17.1. The Labute approximate surface area is 216 Å². The lowest BCUT2D eigenvalue weighted by molar-refractivity contribution is 0.172. The number of likely N-dealkylation sites (tertiary alicyclic amines) is 1. The Morgan fingerprint density at radius 2 is 1.61 bits per heavy atom. The van der Waals surface area contributed by atoms with Crippen LogP contribution in [0.25, 0.3) is 0 Å². The molecule has 1 aliphatic rings. The Morgan fingerprint density at radius 1 is 0.909 bits per heavy atom. The van der Waals surface area contributed by atoms with E-state index in [0.29, 0.717) is 19.8 Å². The molecule has 0 unspecified atom stereocenters. The molecule has 0 aliphatic carbocycles. The van der Waals surface area contributed by atoms with Crippen LogP contribution < -0.4 is 15.4 Å². The van der Waals surface area contributed by atoms with Gasteiger partial charge in [-0.1, -0.05) is 42.8 Å². The molecule has 0 bridgehead atoms. The van der Waals surface area contributed by atoms with Crippen molar-refractivity contribution in [1.82, 2.24) is 15.5 Å². The van der Waals surface area contributed by atoms with Crippen molar-refractivity contribution >= 4 is 29.9 Å². The largest absolute Gasteiger partial charge is 0.493 e. The average molecular weight is 567 g/mol. The van der Waals surface area contributed by atoms with Crippen LogP contribution in [0.5, 0.6) is 5.75 Å². The lowest BCUT2D eigenvalue weighted by Gasteiger charge is -2.26. The van der Waals surface area contributed by atoms with Gasteiger partial charge in [0.1, 0.15) is 5.75 Å². The van der Waals surface area contributed by atoms with Crippen LogP contribution in [0, 0.1) is 0 Å². The first-order chi connectivity index (χ1) is 15.8. The van der Waals surface area contributed by atoms with Gasteiger partial charge in [-0.3, -0.25) is 9.89 Å². The molecular weight excluding hydrogens is 527 g/mol. The summed E-state index contributed by atoms with van der Waals surface area (Å²) in [4.78, 5) is 6.91. The van der Waals surface area contributed by atoms with E-state index in [9.17, 15) is 0 Å². The summed E-state index contributed by atoms with van der Waals surface area (Å²) < 4.78 is 10.8. The molecule has 1 saturated heterocycles. The Bertz CT molecular complexity index is 823. The molecule has 1 heterocycles. The van der Waals surface area contributed by atoms with Gasteiger partial charge in [0.25, 0.3) is 0 Å². The van der Waals surface area contributed by atoms with E-state index in [1.54, 1.807) is 14.2 Å². The summed E-state index contributed by atoms with van der Waals surface area (Å²) in [6.45, 7) is 6.32. The first-order valence-electron chi connectivity index (χ1n) is 11.7. The third-order valence-corrected chi connectivity index (χ3v) is 5.68. The first kappa shape index (κ1) is 27.4. The van der Waals surface area contributed by atoms with Crippen LogP contribution in [-0.4, -0.2) is 51.3 Å². The number of benzene rings is 2. The summed E-state index contributed by atoms with van der Waals surface area (Å²) in [5.74, 6) is 1.67. The topological polar surface area (TPSA) is 58.1 Å². The number of halogens is 1. The van der Waals surface area contributed by atoms with E-state index in [0.717, 1.165) is 36.8 Å². The molecule has 6 nitrogen and oxygen atoms in total. The second kappa shape index (κ2) is 15.9. The van der Waals surface area contributed by atoms with Gasteiger partial charge in [0.2, 0.25) is 0 Å². The fourth-order valence-electron chi connectivity index (χ4n) is 3.87. The molecule has 0 spiro atoms. The number of piperidine rings is 1. The average Bonchev–Trinajstić information content (AvgIpc) is 2.84. The number of nitrogens with zero attached hydrogens (tertiary/aromatic N) is 2. The maximum Gasteiger partial charge on any atom is 0.191 e. The number of rotatable bonds is 11. The molecule has 2 N–H and O–H groups in total. The maximum absolute atomic E-state index is 5.79. The van der Waals surface area contributed by atoms with Crippen LogP contribution in [0.1, 0.15) is 42.4 Å². The number of hydrogen-bond acceptors (Lipinski definition) is 4. The van der Waals surface area contributed by atoms with Gasteiger partial charge < -0.3 is 20.1 Å². The van der Waals surface area contributed by atoms with E-state index in [1.165, 1.54) is 43.5 Å². The third kappa shape index (κ3) is 10.3. The van der Waals surface area contributed by atoms with Gasteiger partial charge >= 0.3 is 0 Å². The number of hydrogen-bond donors (Lipinski definition) is 2. The zero-order valence-corrected chi connectivity index (χ0v) is 22.3. The molecule has 33 heavy (non-hydrogen) atoms. The van der Waals surface area contributed by atoms with Crippen molar-refractivity contribution in [1.29, 1.82) is 0 Å². The third-order valence-electron chi connectivity index (χ3n) is 5.68. The smallest absolute Gasteiger partial charge is 0.191 e. The molecule has 2 aromatic carbocycles. The highest BCUT2D eigenvalue weighted by molar-refractivity contribution is 14.0. The fourth-order valence-corrected chi connectivity index (χ4v) is 3.87. The molecule has 2 aromatic rings. The minimum Gasteiger partial charge on any atom is -0.493 e. The van der Waals surface area contributed by atoms with Crippen LogP contribution in [-0.2, 0) is 24.4 Å². The minimum atomic E-state index is 0. The molecule has 7 heteroatoms. The predicted octanol–water partition coefficient (Wildman–Crippen LogP) is 4.57. The van der Waals surface area contributed by atoms with Gasteiger partial charge in [0.05, 0.1) is 6.61 Å². The van der Waals surface area contributed by atoms with Gasteiger partial charge in [-0.2, -0.15) is 0 Å². The van der Waals surface area contributed by atoms with Gasteiger partial charge in [-0.15, -0.1) is 24.0 Å². The van der Waals surface area contributed by atoms with Gasteiger partial charge in [-0.25, -0.2) is 0 Å². The molecular formula is C26H39IN4O2. The quantitative estimate of drug-likeness (QED) is 0.181. The van der Waals surface area contributed by atoms with Crippen molar-refractivity contribution in [3.63, 3.8) is 0 Å². The van der Waals surface area contributed by atoms with E-state index in [-0.39, 0.29) is 24.0 Å². The molecule has 1 aliphatic heterocycles. The van der Waals surface area contributed by atoms with Crippen LogP contribution in [0.15, 0.2) is 53.5 Å². The van der Waals surface area contributed by atoms with Crippen LogP contribution in [0.3, 0.4) is 0 Å². The molecule has 0 saturated carbocycles. The number of guanidine groups is 1. The van der Waals surface area contributed by atoms with Crippen molar-refractivity contribution < 1.29 is 9.47 Å². The number of ether oxygens (including phenoxy) is 2. The molecule has 0 aromatic heterocycles. The van der Waals surface area contributed by atoms with E-state index >= 15 is 0 Å². The van der Waals surface area contributed by atoms with E-state index in [2.05, 4.69) is 56.9 Å². The first-order valence-corrected chi connectivity index (χ1v) is 11.7. The van der Waals surface area contributed by atoms with Gasteiger partial charge in [0.15, 0.2) is 5.96 Å². The monoisotopic (exact) mass is 566 g/mol. The second-order valence-corrected chi connectivity index (χ2v) is 8.27. The van der Waals surface area contributed by atoms with E-state index in [4.69, 9.17) is 9.47 Å². The molecule has 0 amide bonds. The number of nitrogens with one attached hydrogen (secondary N) is 2. The number of methoxy groups -OCH3 is 1. The Hall–Kier alpha value is -1.84. The normalized spacial score (nSPS) is 14.4. The van der Waals surface area contributed by atoms with Crippen molar-refractivity contribution in [3.05, 3.63) is 65.2 Å². The Balaban J connectivity index is 0.00000385. The summed E-state index contributed by atoms with van der Waals surface area (Å²) in [5, 5.41) is 6.78. The van der Waals surface area contributed by atoms with Crippen molar-refractivity contribution in [2.75, 3.05) is 40.5 Å². The summed E-state index contributed by atoms with van der Waals surface area (Å²) in [7, 11) is 3.51. The van der Waals surface area contributed by atoms with Crippen molar-refractivity contribution in [2.24, 2.45) is 4.99 Å². The highest BCUT2D eigenvalue weighted by Gasteiger charge is 2.10. The fraction of sp³-hybridized carbons (Fsp3) is 0.500. The lowest BCUT2D eigenvalue weighted by Crippen LogP contribution is -2.36. The van der Waals surface area contributed by atoms with E-state index < -0.39 is 0 Å². The van der Waals surface area contributed by atoms with Crippen molar-refractivity contribution in [3.8, 4) is 5.75 Å². The van der Waals surface area contributed by atoms with Crippen molar-refractivity contribution in [2.45, 2.75) is 45.3 Å². The maximum atomic E-state index is 5.79. The van der Waals surface area contributed by atoms with Gasteiger partial charge in [0, 0.05) is 46.8 Å². The van der Waals surface area contributed by atoms with Gasteiger partial charge in [-0.05, 0) is 54.8 Å². The Kier molecular flexibility index (Phi) is 13.2. The summed E-state index contributed by atoms with van der Waals surface area (Å²) >= 11 is 0. The van der Waals surface area contributed by atoms with Crippen LogP contribution in [0.2, 0.25) is 0 Å². The zero-order chi connectivity index (χ0) is 22.4. The molecule has 0 radical (unpaired) electrons.